The van der Waals surface area contributed by atoms with Gasteiger partial charge >= 0.3 is 5.97 Å². The summed E-state index contributed by atoms with van der Waals surface area (Å²) in [6.45, 7) is 1.66. The number of carbonyl (C=O) groups is 1. The minimum Gasteiger partial charge on any atom is -0.508 e. The summed E-state index contributed by atoms with van der Waals surface area (Å²) in [7, 11) is 0. The summed E-state index contributed by atoms with van der Waals surface area (Å²) in [6, 6.07) is 6.33. The maximum absolute atomic E-state index is 10.4. The van der Waals surface area contributed by atoms with Gasteiger partial charge in [0, 0.05) is 11.6 Å². The smallest absolute Gasteiger partial charge is 0.331 e. The van der Waals surface area contributed by atoms with E-state index in [0.29, 0.717) is 5.75 Å². The van der Waals surface area contributed by atoms with Gasteiger partial charge in [0.1, 0.15) is 18.1 Å². The molecule has 0 aliphatic heterocycles. The summed E-state index contributed by atoms with van der Waals surface area (Å²) in [5, 5.41) is 17.7. The van der Waals surface area contributed by atoms with Crippen LogP contribution in [0.3, 0.4) is 0 Å². The van der Waals surface area contributed by atoms with Gasteiger partial charge in [-0.1, -0.05) is 6.07 Å². The van der Waals surface area contributed by atoms with Crippen LogP contribution in [0.1, 0.15) is 6.92 Å². The van der Waals surface area contributed by atoms with Crippen molar-refractivity contribution in [1.29, 1.82) is 0 Å². The molecule has 2 N–H and O–H groups in total. The highest BCUT2D eigenvalue weighted by molar-refractivity contribution is 5.85. The van der Waals surface area contributed by atoms with Gasteiger partial charge in [-0.25, -0.2) is 4.79 Å². The second-order valence-electron chi connectivity index (χ2n) is 3.00. The Kier molecular flexibility index (Phi) is 3.74. The molecule has 0 amide bonds. The van der Waals surface area contributed by atoms with E-state index in [1.54, 1.807) is 12.1 Å². The third kappa shape index (κ3) is 3.72. The Morgan fingerprint density at radius 3 is 2.87 bits per heavy atom. The lowest BCUT2D eigenvalue weighted by Gasteiger charge is -2.03. The van der Waals surface area contributed by atoms with Crippen LogP contribution in [0.25, 0.3) is 0 Å². The molecule has 1 aromatic carbocycles. The largest absolute Gasteiger partial charge is 0.508 e. The van der Waals surface area contributed by atoms with Crippen molar-refractivity contribution in [3.05, 3.63) is 35.9 Å². The summed E-state index contributed by atoms with van der Waals surface area (Å²) in [6.07, 6.45) is 1.46. The van der Waals surface area contributed by atoms with Crippen LogP contribution < -0.4 is 4.74 Å². The van der Waals surface area contributed by atoms with E-state index >= 15 is 0 Å². The molecular formula is C11H12O4. The molecule has 15 heavy (non-hydrogen) atoms. The molecule has 0 bridgehead atoms. The number of rotatable bonds is 4. The summed E-state index contributed by atoms with van der Waals surface area (Å²) >= 11 is 0. The van der Waals surface area contributed by atoms with E-state index in [1.165, 1.54) is 25.1 Å². The standard InChI is InChI=1S/C11H12O4/c1-8(11(13)14)5-6-15-10-4-2-3-9(12)7-10/h2-5,7,12H,6H2,1H3,(H,13,14). The quantitative estimate of drug-likeness (QED) is 0.740. The first-order valence-corrected chi connectivity index (χ1v) is 4.41. The molecule has 0 fully saturated rings. The summed E-state index contributed by atoms with van der Waals surface area (Å²) < 4.78 is 5.21. The van der Waals surface area contributed by atoms with Gasteiger partial charge in [-0.15, -0.1) is 0 Å². The number of phenols is 1. The van der Waals surface area contributed by atoms with E-state index in [9.17, 15) is 4.79 Å². The lowest BCUT2D eigenvalue weighted by molar-refractivity contribution is -0.132. The predicted molar refractivity (Wildman–Crippen MR) is 55.0 cm³/mol. The molecule has 0 aliphatic carbocycles. The third-order valence-electron chi connectivity index (χ3n) is 1.79. The molecule has 80 valence electrons. The van der Waals surface area contributed by atoms with Crippen molar-refractivity contribution in [2.24, 2.45) is 0 Å². The van der Waals surface area contributed by atoms with E-state index < -0.39 is 5.97 Å². The normalized spacial score (nSPS) is 11.1. The minimum absolute atomic E-state index is 0.117. The Balaban J connectivity index is 2.51. The summed E-state index contributed by atoms with van der Waals surface area (Å²) in [4.78, 5) is 10.4. The Morgan fingerprint density at radius 2 is 2.27 bits per heavy atom. The minimum atomic E-state index is -0.963. The fourth-order valence-electron chi connectivity index (χ4n) is 0.923. The second-order valence-corrected chi connectivity index (χ2v) is 3.00. The van der Waals surface area contributed by atoms with Crippen molar-refractivity contribution in [2.45, 2.75) is 6.92 Å². The van der Waals surface area contributed by atoms with Crippen molar-refractivity contribution in [3.63, 3.8) is 0 Å². The molecule has 0 atom stereocenters. The molecule has 1 aromatic rings. The molecular weight excluding hydrogens is 196 g/mol. The average molecular weight is 208 g/mol. The SMILES string of the molecule is CC(=CCOc1cccc(O)c1)C(=O)O. The van der Waals surface area contributed by atoms with Gasteiger partial charge in [0.15, 0.2) is 0 Å². The molecule has 4 heteroatoms. The molecule has 4 nitrogen and oxygen atoms in total. The first-order chi connectivity index (χ1) is 7.09. The molecule has 0 unspecified atom stereocenters. The van der Waals surface area contributed by atoms with Crippen molar-refractivity contribution >= 4 is 5.97 Å². The Morgan fingerprint density at radius 1 is 1.53 bits per heavy atom. The van der Waals surface area contributed by atoms with Gasteiger partial charge in [-0.2, -0.15) is 0 Å². The van der Waals surface area contributed by atoms with Crippen LogP contribution in [0.15, 0.2) is 35.9 Å². The topological polar surface area (TPSA) is 66.8 Å². The van der Waals surface area contributed by atoms with E-state index in [1.807, 2.05) is 0 Å². The zero-order valence-electron chi connectivity index (χ0n) is 8.30. The third-order valence-corrected chi connectivity index (χ3v) is 1.79. The lowest BCUT2D eigenvalue weighted by atomic mass is 10.3. The first-order valence-electron chi connectivity index (χ1n) is 4.41. The molecule has 0 aromatic heterocycles. The molecule has 1 rings (SSSR count). The average Bonchev–Trinajstić information content (AvgIpc) is 2.17. The number of phenolic OH excluding ortho intramolecular Hbond substituents is 1. The van der Waals surface area contributed by atoms with Crippen LogP contribution in [0, 0.1) is 0 Å². The number of carboxylic acid groups (broad SMARTS) is 1. The van der Waals surface area contributed by atoms with Crippen LogP contribution in [-0.2, 0) is 4.79 Å². The molecule has 0 saturated heterocycles. The number of hydrogen-bond acceptors (Lipinski definition) is 3. The monoisotopic (exact) mass is 208 g/mol. The number of aliphatic carboxylic acids is 1. The molecule has 0 radical (unpaired) electrons. The van der Waals surface area contributed by atoms with Gasteiger partial charge in [-0.3, -0.25) is 0 Å². The number of aromatic hydroxyl groups is 1. The highest BCUT2D eigenvalue weighted by atomic mass is 16.5. The van der Waals surface area contributed by atoms with Crippen molar-refractivity contribution in [3.8, 4) is 11.5 Å². The number of benzene rings is 1. The van der Waals surface area contributed by atoms with Crippen LogP contribution in [0.5, 0.6) is 11.5 Å². The fourth-order valence-corrected chi connectivity index (χ4v) is 0.923. The number of hydrogen-bond donors (Lipinski definition) is 2. The summed E-state index contributed by atoms with van der Waals surface area (Å²) in [5.41, 5.74) is 0.232. The van der Waals surface area contributed by atoms with Crippen LogP contribution >= 0.6 is 0 Å². The van der Waals surface area contributed by atoms with Crippen LogP contribution in [0.2, 0.25) is 0 Å². The van der Waals surface area contributed by atoms with E-state index in [2.05, 4.69) is 0 Å². The van der Waals surface area contributed by atoms with Gasteiger partial charge in [-0.05, 0) is 25.1 Å². The zero-order chi connectivity index (χ0) is 11.3. The highest BCUT2D eigenvalue weighted by Gasteiger charge is 1.98. The fraction of sp³-hybridized carbons (Fsp3) is 0.182. The first kappa shape index (κ1) is 11.1. The lowest BCUT2D eigenvalue weighted by Crippen LogP contribution is -2.00. The van der Waals surface area contributed by atoms with Crippen molar-refractivity contribution in [1.82, 2.24) is 0 Å². The van der Waals surface area contributed by atoms with Gasteiger partial charge in [0.2, 0.25) is 0 Å². The van der Waals surface area contributed by atoms with Crippen LogP contribution in [0.4, 0.5) is 0 Å². The molecule has 0 saturated carbocycles. The second kappa shape index (κ2) is 5.05. The van der Waals surface area contributed by atoms with Gasteiger partial charge < -0.3 is 14.9 Å². The van der Waals surface area contributed by atoms with E-state index in [0.717, 1.165) is 0 Å². The zero-order valence-corrected chi connectivity index (χ0v) is 8.30. The van der Waals surface area contributed by atoms with Gasteiger partial charge in [0.05, 0.1) is 0 Å². The Labute approximate surface area is 87.4 Å². The molecule has 0 aliphatic rings. The van der Waals surface area contributed by atoms with Crippen molar-refractivity contribution in [2.75, 3.05) is 6.61 Å². The predicted octanol–water partition coefficient (Wildman–Crippen LogP) is 1.80. The van der Waals surface area contributed by atoms with Crippen LogP contribution in [-0.4, -0.2) is 22.8 Å². The summed E-state index contributed by atoms with van der Waals surface area (Å²) in [5.74, 6) is -0.342. The maximum atomic E-state index is 10.4. The number of ether oxygens (including phenoxy) is 1. The van der Waals surface area contributed by atoms with E-state index in [-0.39, 0.29) is 17.9 Å². The molecule has 0 heterocycles. The number of carboxylic acids is 1. The Hall–Kier alpha value is -1.97. The Bertz CT molecular complexity index is 382. The van der Waals surface area contributed by atoms with Gasteiger partial charge in [0.25, 0.3) is 0 Å². The van der Waals surface area contributed by atoms with E-state index in [4.69, 9.17) is 14.9 Å². The highest BCUT2D eigenvalue weighted by Crippen LogP contribution is 2.17. The van der Waals surface area contributed by atoms with Crippen molar-refractivity contribution < 1.29 is 19.7 Å². The molecule has 0 spiro atoms. The maximum Gasteiger partial charge on any atom is 0.331 e.